The molecular formula is C12H18FNO2. The van der Waals surface area contributed by atoms with Gasteiger partial charge in [-0.1, -0.05) is 5.57 Å². The van der Waals surface area contributed by atoms with Crippen LogP contribution in [0.4, 0.5) is 4.39 Å². The Balaban J connectivity index is 2.31. The molecule has 0 aromatic heterocycles. The van der Waals surface area contributed by atoms with Crippen LogP contribution in [0, 0.1) is 0 Å². The molecule has 0 fully saturated rings. The summed E-state index contributed by atoms with van der Waals surface area (Å²) < 4.78 is 24.4. The van der Waals surface area contributed by atoms with Gasteiger partial charge in [0.05, 0.1) is 7.11 Å². The molecule has 0 spiro atoms. The minimum Gasteiger partial charge on any atom is -0.495 e. The highest BCUT2D eigenvalue weighted by Gasteiger charge is 2.41. The summed E-state index contributed by atoms with van der Waals surface area (Å²) in [6.07, 6.45) is 4.61. The number of alkyl halides is 1. The van der Waals surface area contributed by atoms with Gasteiger partial charge in [0, 0.05) is 19.6 Å². The lowest BCUT2D eigenvalue weighted by Gasteiger charge is -2.34. The predicted molar refractivity (Wildman–Crippen MR) is 59.4 cm³/mol. The zero-order chi connectivity index (χ0) is 11.8. The van der Waals surface area contributed by atoms with Gasteiger partial charge in [0.2, 0.25) is 0 Å². The van der Waals surface area contributed by atoms with Gasteiger partial charge in [-0.05, 0) is 30.9 Å². The second-order valence-corrected chi connectivity index (χ2v) is 4.45. The molecule has 90 valence electrons. The third-order valence-electron chi connectivity index (χ3n) is 3.41. The second-order valence-electron chi connectivity index (χ2n) is 4.45. The fourth-order valence-electron chi connectivity index (χ4n) is 2.42. The molecule has 0 aliphatic heterocycles. The number of hydrogen-bond donors (Lipinski definition) is 1. The highest BCUT2D eigenvalue weighted by Crippen LogP contribution is 2.41. The highest BCUT2D eigenvalue weighted by atomic mass is 19.2. The van der Waals surface area contributed by atoms with Gasteiger partial charge in [0.15, 0.2) is 5.76 Å². The number of ether oxygens (including phenoxy) is 2. The van der Waals surface area contributed by atoms with Crippen molar-refractivity contribution in [3.8, 4) is 0 Å². The fourth-order valence-corrected chi connectivity index (χ4v) is 2.42. The average Bonchev–Trinajstić information content (AvgIpc) is 2.29. The van der Waals surface area contributed by atoms with Crippen molar-refractivity contribution in [1.29, 1.82) is 0 Å². The van der Waals surface area contributed by atoms with Crippen molar-refractivity contribution < 1.29 is 13.9 Å². The lowest BCUT2D eigenvalue weighted by atomic mass is 9.81. The van der Waals surface area contributed by atoms with Gasteiger partial charge in [-0.2, -0.15) is 0 Å². The van der Waals surface area contributed by atoms with Crippen LogP contribution in [0.5, 0.6) is 0 Å². The van der Waals surface area contributed by atoms with E-state index in [-0.39, 0.29) is 18.2 Å². The van der Waals surface area contributed by atoms with Crippen LogP contribution >= 0.6 is 0 Å². The predicted octanol–water partition coefficient (Wildman–Crippen LogP) is 2.04. The van der Waals surface area contributed by atoms with Gasteiger partial charge in [-0.3, -0.25) is 0 Å². The molecule has 2 unspecified atom stereocenters. The molecule has 0 aromatic carbocycles. The van der Waals surface area contributed by atoms with Gasteiger partial charge in [0.25, 0.3) is 5.85 Å². The normalized spacial score (nSPS) is 34.5. The molecule has 3 nitrogen and oxygen atoms in total. The van der Waals surface area contributed by atoms with E-state index in [4.69, 9.17) is 15.2 Å². The standard InChI is InChI=1S/C12H18FNO2/c1-15-11-6-9-5-10(14)4-3-8(9)7-12(11,13)16-2/h6,10H,3-5,7,14H2,1-2H3. The Bertz CT molecular complexity index is 351. The number of rotatable bonds is 2. The monoisotopic (exact) mass is 227 g/mol. The molecule has 2 N–H and O–H groups in total. The zero-order valence-corrected chi connectivity index (χ0v) is 9.75. The van der Waals surface area contributed by atoms with Crippen molar-refractivity contribution in [3.05, 3.63) is 23.0 Å². The number of hydrogen-bond acceptors (Lipinski definition) is 3. The van der Waals surface area contributed by atoms with E-state index in [0.717, 1.165) is 30.4 Å². The Hall–Kier alpha value is -0.870. The summed E-state index contributed by atoms with van der Waals surface area (Å²) in [5.74, 6) is -1.54. The molecule has 0 bridgehead atoms. The maximum atomic E-state index is 14.4. The zero-order valence-electron chi connectivity index (χ0n) is 9.75. The first-order valence-corrected chi connectivity index (χ1v) is 5.56. The smallest absolute Gasteiger partial charge is 0.270 e. The molecule has 0 heterocycles. The molecule has 0 amide bonds. The van der Waals surface area contributed by atoms with Crippen molar-refractivity contribution in [3.63, 3.8) is 0 Å². The van der Waals surface area contributed by atoms with Crippen LogP contribution < -0.4 is 5.73 Å². The van der Waals surface area contributed by atoms with Crippen LogP contribution in [-0.2, 0) is 9.47 Å². The molecule has 4 heteroatoms. The molecular weight excluding hydrogens is 209 g/mol. The molecule has 2 atom stereocenters. The minimum absolute atomic E-state index is 0.183. The number of methoxy groups -OCH3 is 2. The van der Waals surface area contributed by atoms with Crippen LogP contribution in [0.15, 0.2) is 23.0 Å². The maximum Gasteiger partial charge on any atom is 0.270 e. The van der Waals surface area contributed by atoms with E-state index in [2.05, 4.69) is 0 Å². The molecule has 0 aromatic rings. The van der Waals surface area contributed by atoms with Crippen molar-refractivity contribution in [2.24, 2.45) is 5.73 Å². The first-order valence-electron chi connectivity index (χ1n) is 5.56. The summed E-state index contributed by atoms with van der Waals surface area (Å²) in [6.45, 7) is 0. The number of halogens is 1. The Morgan fingerprint density at radius 1 is 1.50 bits per heavy atom. The Morgan fingerprint density at radius 2 is 2.25 bits per heavy atom. The third-order valence-corrected chi connectivity index (χ3v) is 3.41. The second kappa shape index (κ2) is 4.18. The van der Waals surface area contributed by atoms with Crippen molar-refractivity contribution in [1.82, 2.24) is 0 Å². The maximum absolute atomic E-state index is 14.4. The van der Waals surface area contributed by atoms with Crippen molar-refractivity contribution >= 4 is 0 Å². The first-order chi connectivity index (χ1) is 7.59. The summed E-state index contributed by atoms with van der Waals surface area (Å²) in [5.41, 5.74) is 8.14. The van der Waals surface area contributed by atoms with E-state index in [1.54, 1.807) is 6.08 Å². The average molecular weight is 227 g/mol. The number of allylic oxidation sites excluding steroid dienone is 1. The summed E-state index contributed by atoms with van der Waals surface area (Å²) >= 11 is 0. The Kier molecular flexibility index (Phi) is 3.04. The Labute approximate surface area is 95.1 Å². The van der Waals surface area contributed by atoms with Crippen LogP contribution in [-0.4, -0.2) is 26.1 Å². The van der Waals surface area contributed by atoms with Crippen molar-refractivity contribution in [2.75, 3.05) is 14.2 Å². The summed E-state index contributed by atoms with van der Waals surface area (Å²) in [7, 11) is 2.83. The number of nitrogens with two attached hydrogens (primary N) is 1. The SMILES string of the molecule is COC1=CC2=C(CCC(N)C2)CC1(F)OC. The van der Waals surface area contributed by atoms with Gasteiger partial charge in [-0.25, -0.2) is 4.39 Å². The summed E-state index contributed by atoms with van der Waals surface area (Å²) in [6, 6.07) is 0.183. The van der Waals surface area contributed by atoms with E-state index in [1.165, 1.54) is 14.2 Å². The topological polar surface area (TPSA) is 44.5 Å². The van der Waals surface area contributed by atoms with Gasteiger partial charge < -0.3 is 15.2 Å². The van der Waals surface area contributed by atoms with Crippen LogP contribution in [0.2, 0.25) is 0 Å². The van der Waals surface area contributed by atoms with Crippen LogP contribution in [0.3, 0.4) is 0 Å². The molecule has 2 aliphatic carbocycles. The van der Waals surface area contributed by atoms with E-state index < -0.39 is 5.85 Å². The summed E-state index contributed by atoms with van der Waals surface area (Å²) in [5, 5.41) is 0. The highest BCUT2D eigenvalue weighted by molar-refractivity contribution is 5.38. The molecule has 2 aliphatic rings. The van der Waals surface area contributed by atoms with Gasteiger partial charge >= 0.3 is 0 Å². The lowest BCUT2D eigenvalue weighted by Crippen LogP contribution is -2.35. The lowest BCUT2D eigenvalue weighted by molar-refractivity contribution is -0.120. The molecule has 2 rings (SSSR count). The molecule has 0 radical (unpaired) electrons. The van der Waals surface area contributed by atoms with Crippen molar-refractivity contribution in [2.45, 2.75) is 37.6 Å². The van der Waals surface area contributed by atoms with E-state index in [9.17, 15) is 4.39 Å². The van der Waals surface area contributed by atoms with E-state index in [0.29, 0.717) is 0 Å². The Morgan fingerprint density at radius 3 is 2.88 bits per heavy atom. The molecule has 0 saturated heterocycles. The quantitative estimate of drug-likeness (QED) is 0.785. The van der Waals surface area contributed by atoms with Gasteiger partial charge in [-0.15, -0.1) is 0 Å². The third kappa shape index (κ3) is 1.87. The first kappa shape index (κ1) is 11.6. The largest absolute Gasteiger partial charge is 0.495 e. The van der Waals surface area contributed by atoms with E-state index in [1.807, 2.05) is 0 Å². The van der Waals surface area contributed by atoms with Gasteiger partial charge in [0.1, 0.15) is 0 Å². The minimum atomic E-state index is -1.80. The van der Waals surface area contributed by atoms with E-state index >= 15 is 0 Å². The molecule has 0 saturated carbocycles. The van der Waals surface area contributed by atoms with Crippen LogP contribution in [0.1, 0.15) is 25.7 Å². The fraction of sp³-hybridized carbons (Fsp3) is 0.667. The summed E-state index contributed by atoms with van der Waals surface area (Å²) in [4.78, 5) is 0. The molecule has 16 heavy (non-hydrogen) atoms. The van der Waals surface area contributed by atoms with Crippen LogP contribution in [0.25, 0.3) is 0 Å².